The summed E-state index contributed by atoms with van der Waals surface area (Å²) in [6.07, 6.45) is 4.98. The first kappa shape index (κ1) is 13.0. The van der Waals surface area contributed by atoms with Crippen molar-refractivity contribution in [3.63, 3.8) is 0 Å². The molecule has 0 aliphatic carbocycles. The lowest BCUT2D eigenvalue weighted by molar-refractivity contribution is -0.111. The topological polar surface area (TPSA) is 42.0 Å². The van der Waals surface area contributed by atoms with E-state index in [0.717, 1.165) is 11.1 Å². The Labute approximate surface area is 113 Å². The number of hydrogen-bond acceptors (Lipinski definition) is 2. The Morgan fingerprint density at radius 3 is 2.74 bits per heavy atom. The van der Waals surface area contributed by atoms with E-state index in [1.807, 2.05) is 38.1 Å². The second-order valence-electron chi connectivity index (χ2n) is 4.40. The molecule has 96 valence electrons. The smallest absolute Gasteiger partial charge is 0.249 e. The van der Waals surface area contributed by atoms with E-state index < -0.39 is 0 Å². The summed E-state index contributed by atoms with van der Waals surface area (Å²) >= 11 is 0. The van der Waals surface area contributed by atoms with Crippen LogP contribution in [0.5, 0.6) is 0 Å². The first-order valence-electron chi connectivity index (χ1n) is 6.12. The van der Waals surface area contributed by atoms with E-state index in [1.54, 1.807) is 18.3 Å². The summed E-state index contributed by atoms with van der Waals surface area (Å²) in [5.41, 5.74) is 3.41. The third-order valence-corrected chi connectivity index (χ3v) is 2.76. The molecule has 0 saturated carbocycles. The van der Waals surface area contributed by atoms with Gasteiger partial charge in [-0.05, 0) is 43.2 Å². The van der Waals surface area contributed by atoms with E-state index in [9.17, 15) is 4.79 Å². The second-order valence-corrected chi connectivity index (χ2v) is 4.40. The third kappa shape index (κ3) is 3.78. The van der Waals surface area contributed by atoms with Crippen molar-refractivity contribution in [1.29, 1.82) is 0 Å². The normalized spacial score (nSPS) is 10.6. The van der Waals surface area contributed by atoms with Crippen molar-refractivity contribution >= 4 is 17.8 Å². The molecule has 0 fully saturated rings. The molecular weight excluding hydrogens is 236 g/mol. The largest absolute Gasteiger partial charge is 0.307 e. The highest BCUT2D eigenvalue weighted by molar-refractivity contribution is 6.01. The molecule has 1 heterocycles. The number of nitrogens with one attached hydrogen (secondary N) is 1. The van der Waals surface area contributed by atoms with Gasteiger partial charge in [0.15, 0.2) is 0 Å². The van der Waals surface area contributed by atoms with Gasteiger partial charge < -0.3 is 5.32 Å². The number of carbonyl (C=O) groups is 1. The highest BCUT2D eigenvalue weighted by atomic mass is 16.1. The molecule has 19 heavy (non-hydrogen) atoms. The van der Waals surface area contributed by atoms with Crippen molar-refractivity contribution in [2.75, 3.05) is 5.32 Å². The van der Waals surface area contributed by atoms with Gasteiger partial charge in [-0.15, -0.1) is 0 Å². The standard InChI is InChI=1S/C16H16N2O/c1-12-6-7-14(13(2)11-12)8-9-16(19)18-15-5-3-4-10-17-15/h3-11H,1-2H3,(H,17,18,19)/b9-8+. The van der Waals surface area contributed by atoms with Crippen LogP contribution in [0.2, 0.25) is 0 Å². The summed E-state index contributed by atoms with van der Waals surface area (Å²) in [5, 5.41) is 2.71. The molecule has 1 amide bonds. The van der Waals surface area contributed by atoms with Crippen molar-refractivity contribution in [3.8, 4) is 0 Å². The van der Waals surface area contributed by atoms with Crippen LogP contribution in [0.1, 0.15) is 16.7 Å². The number of nitrogens with zero attached hydrogens (tertiary/aromatic N) is 1. The van der Waals surface area contributed by atoms with E-state index in [-0.39, 0.29) is 5.91 Å². The lowest BCUT2D eigenvalue weighted by atomic mass is 10.1. The van der Waals surface area contributed by atoms with E-state index in [2.05, 4.69) is 16.4 Å². The highest BCUT2D eigenvalue weighted by Gasteiger charge is 1.99. The minimum Gasteiger partial charge on any atom is -0.307 e. The Bertz CT molecular complexity index is 603. The van der Waals surface area contributed by atoms with E-state index >= 15 is 0 Å². The molecule has 0 saturated heterocycles. The molecule has 0 atom stereocenters. The minimum absolute atomic E-state index is 0.182. The molecule has 0 spiro atoms. The first-order chi connectivity index (χ1) is 9.15. The van der Waals surface area contributed by atoms with Gasteiger partial charge in [0.25, 0.3) is 0 Å². The number of amides is 1. The van der Waals surface area contributed by atoms with Crippen LogP contribution in [0, 0.1) is 13.8 Å². The summed E-state index contributed by atoms with van der Waals surface area (Å²) in [4.78, 5) is 15.8. The Hall–Kier alpha value is -2.42. The highest BCUT2D eigenvalue weighted by Crippen LogP contribution is 2.12. The maximum atomic E-state index is 11.7. The van der Waals surface area contributed by atoms with Gasteiger partial charge in [0, 0.05) is 12.3 Å². The second kappa shape index (κ2) is 5.96. The van der Waals surface area contributed by atoms with Gasteiger partial charge in [0.2, 0.25) is 5.91 Å². The fourth-order valence-electron chi connectivity index (χ4n) is 1.78. The summed E-state index contributed by atoms with van der Waals surface area (Å²) in [7, 11) is 0. The van der Waals surface area contributed by atoms with Crippen molar-refractivity contribution < 1.29 is 4.79 Å². The van der Waals surface area contributed by atoms with Gasteiger partial charge in [-0.3, -0.25) is 4.79 Å². The van der Waals surface area contributed by atoms with E-state index in [4.69, 9.17) is 0 Å². The lowest BCUT2D eigenvalue weighted by Crippen LogP contribution is -2.08. The van der Waals surface area contributed by atoms with Crippen LogP contribution in [0.15, 0.2) is 48.7 Å². The van der Waals surface area contributed by atoms with Crippen LogP contribution >= 0.6 is 0 Å². The lowest BCUT2D eigenvalue weighted by Gasteiger charge is -2.02. The molecule has 1 N–H and O–H groups in total. The maximum absolute atomic E-state index is 11.7. The number of pyridine rings is 1. The molecule has 0 aliphatic rings. The number of hydrogen-bond donors (Lipinski definition) is 1. The van der Waals surface area contributed by atoms with Gasteiger partial charge in [0.05, 0.1) is 0 Å². The summed E-state index contributed by atoms with van der Waals surface area (Å²) in [6, 6.07) is 11.5. The van der Waals surface area contributed by atoms with Crippen LogP contribution in [-0.2, 0) is 4.79 Å². The third-order valence-electron chi connectivity index (χ3n) is 2.76. The zero-order valence-electron chi connectivity index (χ0n) is 11.1. The molecule has 0 unspecified atom stereocenters. The van der Waals surface area contributed by atoms with Crippen LogP contribution in [0.4, 0.5) is 5.82 Å². The Kier molecular flexibility index (Phi) is 4.08. The maximum Gasteiger partial charge on any atom is 0.249 e. The fraction of sp³-hybridized carbons (Fsp3) is 0.125. The van der Waals surface area contributed by atoms with Gasteiger partial charge in [-0.25, -0.2) is 4.98 Å². The van der Waals surface area contributed by atoms with Gasteiger partial charge in [-0.2, -0.15) is 0 Å². The minimum atomic E-state index is -0.182. The van der Waals surface area contributed by atoms with Crippen molar-refractivity contribution in [3.05, 3.63) is 65.4 Å². The van der Waals surface area contributed by atoms with Crippen molar-refractivity contribution in [2.45, 2.75) is 13.8 Å². The number of aryl methyl sites for hydroxylation is 2. The van der Waals surface area contributed by atoms with Crippen molar-refractivity contribution in [1.82, 2.24) is 4.98 Å². The molecule has 0 radical (unpaired) electrons. The van der Waals surface area contributed by atoms with Crippen molar-refractivity contribution in [2.24, 2.45) is 0 Å². The molecule has 1 aromatic heterocycles. The average molecular weight is 252 g/mol. The molecular formula is C16H16N2O. The molecule has 0 bridgehead atoms. The molecule has 2 aromatic rings. The van der Waals surface area contributed by atoms with E-state index in [1.165, 1.54) is 11.6 Å². The van der Waals surface area contributed by atoms with Crippen LogP contribution in [0.3, 0.4) is 0 Å². The zero-order valence-corrected chi connectivity index (χ0v) is 11.1. The zero-order chi connectivity index (χ0) is 13.7. The summed E-state index contributed by atoms with van der Waals surface area (Å²) < 4.78 is 0. The Morgan fingerprint density at radius 1 is 1.21 bits per heavy atom. The molecule has 3 nitrogen and oxygen atoms in total. The van der Waals surface area contributed by atoms with E-state index in [0.29, 0.717) is 5.82 Å². The first-order valence-corrected chi connectivity index (χ1v) is 6.12. The van der Waals surface area contributed by atoms with Crippen LogP contribution in [0.25, 0.3) is 6.08 Å². The molecule has 3 heteroatoms. The number of carbonyl (C=O) groups excluding carboxylic acids is 1. The SMILES string of the molecule is Cc1ccc(/C=C/C(=O)Nc2ccccn2)c(C)c1. The molecule has 2 rings (SSSR count). The average Bonchev–Trinajstić information content (AvgIpc) is 2.39. The van der Waals surface area contributed by atoms with Crippen LogP contribution in [-0.4, -0.2) is 10.9 Å². The Morgan fingerprint density at radius 2 is 2.05 bits per heavy atom. The Balaban J connectivity index is 2.04. The molecule has 1 aromatic carbocycles. The number of benzene rings is 1. The summed E-state index contributed by atoms with van der Waals surface area (Å²) in [5.74, 6) is 0.372. The predicted molar refractivity (Wildman–Crippen MR) is 77.8 cm³/mol. The predicted octanol–water partition coefficient (Wildman–Crippen LogP) is 3.35. The van der Waals surface area contributed by atoms with Crippen LogP contribution < -0.4 is 5.32 Å². The van der Waals surface area contributed by atoms with Gasteiger partial charge in [-0.1, -0.05) is 29.8 Å². The molecule has 0 aliphatic heterocycles. The van der Waals surface area contributed by atoms with Gasteiger partial charge >= 0.3 is 0 Å². The fourth-order valence-corrected chi connectivity index (χ4v) is 1.78. The quantitative estimate of drug-likeness (QED) is 0.851. The number of aromatic nitrogens is 1. The monoisotopic (exact) mass is 252 g/mol. The number of rotatable bonds is 3. The van der Waals surface area contributed by atoms with Gasteiger partial charge in [0.1, 0.15) is 5.82 Å². The summed E-state index contributed by atoms with van der Waals surface area (Å²) in [6.45, 7) is 4.08. The number of anilines is 1.